The molecule has 0 saturated carbocycles. The molecule has 0 fully saturated rings. The van der Waals surface area contributed by atoms with Crippen LogP contribution in [0, 0.1) is 5.92 Å². The highest BCUT2D eigenvalue weighted by Gasteiger charge is 2.28. The number of phenols is 1. The number of anilines is 3. The van der Waals surface area contributed by atoms with Gasteiger partial charge in [-0.05, 0) is 28.5 Å². The molecule has 0 aliphatic rings. The molecule has 0 radical (unpaired) electrons. The molecule has 3 N–H and O–H groups in total. The molecule has 3 rings (SSSR count). The largest absolute Gasteiger partial charge is 0.505 e. The Bertz CT molecular complexity index is 1070. The van der Waals surface area contributed by atoms with E-state index in [2.05, 4.69) is 40.2 Å². The normalized spacial score (nSPS) is 10.5. The van der Waals surface area contributed by atoms with Gasteiger partial charge in [-0.25, -0.2) is 0 Å². The Morgan fingerprint density at radius 1 is 1.00 bits per heavy atom. The lowest BCUT2D eigenvalue weighted by atomic mass is 9.82. The number of aromatic nitrogens is 2. The number of hydrogen-bond donors (Lipinski definition) is 3. The Morgan fingerprint density at radius 3 is 2.08 bits per heavy atom. The Labute approximate surface area is 221 Å². The summed E-state index contributed by atoms with van der Waals surface area (Å²) in [4.78, 5) is 14.3. The van der Waals surface area contributed by atoms with E-state index in [4.69, 9.17) is 0 Å². The van der Waals surface area contributed by atoms with Crippen LogP contribution in [-0.4, -0.2) is 38.8 Å². The summed E-state index contributed by atoms with van der Waals surface area (Å²) in [5, 5.41) is 17.4. The number of hydrogen-bond acceptors (Lipinski definition) is 7. The highest BCUT2D eigenvalue weighted by molar-refractivity contribution is 6.99. The molecule has 198 valence electrons. The quantitative estimate of drug-likeness (QED) is 0.300. The van der Waals surface area contributed by atoms with Crippen molar-refractivity contribution in [3.8, 4) is 5.75 Å². The number of benzene rings is 2. The van der Waals surface area contributed by atoms with Crippen molar-refractivity contribution >= 4 is 35.0 Å². The van der Waals surface area contributed by atoms with Crippen LogP contribution in [0.3, 0.4) is 0 Å². The summed E-state index contributed by atoms with van der Waals surface area (Å²) < 4.78 is 8.60. The number of rotatable bonds is 6. The molecule has 0 aliphatic carbocycles. The standard InChI is InChI=1S/C22H27N5O2S.C4H10.C2H6/c1-22(2,3)15-11-12-16(18(28)17(15)21(29)27(4)5)24-20-19(25-30-26-20)23-13-14-9-7-6-8-10-14;1-4(2)3;1-2/h6-12,28H,13H2,1-5H3,(H,23,25)(H,24,26);4H,1-3H3;1-2H3. The molecule has 0 unspecified atom stereocenters. The molecule has 1 amide bonds. The van der Waals surface area contributed by atoms with Crippen LogP contribution >= 0.6 is 11.7 Å². The van der Waals surface area contributed by atoms with Crippen LogP contribution in [0.1, 0.15) is 76.9 Å². The van der Waals surface area contributed by atoms with Gasteiger partial charge in [0.15, 0.2) is 17.4 Å². The first-order chi connectivity index (χ1) is 16.9. The second kappa shape index (κ2) is 14.4. The molecule has 1 aromatic heterocycles. The summed E-state index contributed by atoms with van der Waals surface area (Å²) in [7, 11) is 3.34. The van der Waals surface area contributed by atoms with E-state index in [0.717, 1.165) is 28.8 Å². The van der Waals surface area contributed by atoms with Crippen LogP contribution in [0.4, 0.5) is 17.3 Å². The zero-order chi connectivity index (χ0) is 27.5. The zero-order valence-electron chi connectivity index (χ0n) is 23.4. The lowest BCUT2D eigenvalue weighted by molar-refractivity contribution is 0.0822. The molecule has 1 heterocycles. The molecule has 36 heavy (non-hydrogen) atoms. The fourth-order valence-corrected chi connectivity index (χ4v) is 3.54. The van der Waals surface area contributed by atoms with Crippen molar-refractivity contribution in [3.05, 3.63) is 59.2 Å². The molecule has 0 bridgehead atoms. The van der Waals surface area contributed by atoms with Crippen LogP contribution in [0.15, 0.2) is 42.5 Å². The van der Waals surface area contributed by atoms with E-state index < -0.39 is 0 Å². The number of nitrogens with one attached hydrogen (secondary N) is 2. The molecule has 0 atom stereocenters. The van der Waals surface area contributed by atoms with Crippen molar-refractivity contribution in [1.29, 1.82) is 0 Å². The highest BCUT2D eigenvalue weighted by Crippen LogP contribution is 2.39. The van der Waals surface area contributed by atoms with Crippen molar-refractivity contribution in [2.75, 3.05) is 24.7 Å². The first-order valence-electron chi connectivity index (χ1n) is 12.4. The Balaban J connectivity index is 0.000000982. The lowest BCUT2D eigenvalue weighted by Crippen LogP contribution is -2.26. The van der Waals surface area contributed by atoms with Crippen LogP contribution < -0.4 is 10.6 Å². The predicted molar refractivity (Wildman–Crippen MR) is 154 cm³/mol. The minimum Gasteiger partial charge on any atom is -0.505 e. The highest BCUT2D eigenvalue weighted by atomic mass is 32.1. The van der Waals surface area contributed by atoms with E-state index in [9.17, 15) is 9.90 Å². The summed E-state index contributed by atoms with van der Waals surface area (Å²) >= 11 is 1.07. The molecule has 3 aromatic rings. The third-order valence-corrected chi connectivity index (χ3v) is 5.18. The first-order valence-corrected chi connectivity index (χ1v) is 13.1. The van der Waals surface area contributed by atoms with E-state index in [-0.39, 0.29) is 17.1 Å². The zero-order valence-corrected chi connectivity index (χ0v) is 24.2. The molecular weight excluding hydrogens is 470 g/mol. The van der Waals surface area contributed by atoms with Crippen LogP contribution in [0.5, 0.6) is 5.75 Å². The van der Waals surface area contributed by atoms with Gasteiger partial charge in [-0.2, -0.15) is 8.75 Å². The van der Waals surface area contributed by atoms with E-state index in [1.165, 1.54) is 4.90 Å². The third-order valence-electron chi connectivity index (χ3n) is 4.65. The summed E-state index contributed by atoms with van der Waals surface area (Å²) in [5.41, 5.74) is 2.29. The number of phenolic OH excluding ortho intramolecular Hbond substituents is 1. The minimum atomic E-state index is -0.304. The number of amides is 1. The number of aromatic hydroxyl groups is 1. The van der Waals surface area contributed by atoms with Gasteiger partial charge in [0.1, 0.15) is 0 Å². The SMILES string of the molecule is CC.CC(C)C.CN(C)C(=O)c1c(C(C)(C)C)ccc(Nc2nsnc2NCc2ccccc2)c1O. The molecule has 0 saturated heterocycles. The Kier molecular flexibility index (Phi) is 12.4. The smallest absolute Gasteiger partial charge is 0.257 e. The summed E-state index contributed by atoms with van der Waals surface area (Å²) in [6.45, 7) is 17.1. The molecular formula is C28H43N5O2S. The maximum absolute atomic E-state index is 12.8. The predicted octanol–water partition coefficient (Wildman–Crippen LogP) is 7.29. The molecule has 8 heteroatoms. The van der Waals surface area contributed by atoms with Crippen LogP contribution in [0.25, 0.3) is 0 Å². The third kappa shape index (κ3) is 9.15. The maximum Gasteiger partial charge on any atom is 0.257 e. The van der Waals surface area contributed by atoms with E-state index in [1.807, 2.05) is 71.0 Å². The van der Waals surface area contributed by atoms with E-state index in [1.54, 1.807) is 20.2 Å². The fourth-order valence-electron chi connectivity index (χ4n) is 3.05. The van der Waals surface area contributed by atoms with Gasteiger partial charge in [-0.3, -0.25) is 4.79 Å². The average molecular weight is 514 g/mol. The number of carbonyl (C=O) groups is 1. The van der Waals surface area contributed by atoms with E-state index >= 15 is 0 Å². The van der Waals surface area contributed by atoms with E-state index in [0.29, 0.717) is 29.4 Å². The van der Waals surface area contributed by atoms with Gasteiger partial charge >= 0.3 is 0 Å². The van der Waals surface area contributed by atoms with Crippen LogP contribution in [-0.2, 0) is 12.0 Å². The van der Waals surface area contributed by atoms with Gasteiger partial charge in [0.05, 0.1) is 23.0 Å². The van der Waals surface area contributed by atoms with Crippen molar-refractivity contribution in [2.24, 2.45) is 5.92 Å². The topological polar surface area (TPSA) is 90.4 Å². The number of nitrogens with zero attached hydrogens (tertiary/aromatic N) is 3. The van der Waals surface area contributed by atoms with Gasteiger partial charge in [-0.1, -0.05) is 91.8 Å². The van der Waals surface area contributed by atoms with Gasteiger partial charge in [0, 0.05) is 20.6 Å². The monoisotopic (exact) mass is 513 g/mol. The molecule has 0 spiro atoms. The van der Waals surface area contributed by atoms with Crippen molar-refractivity contribution < 1.29 is 9.90 Å². The first kappa shape index (κ1) is 30.9. The van der Waals surface area contributed by atoms with Gasteiger partial charge in [0.2, 0.25) is 0 Å². The minimum absolute atomic E-state index is 0.0943. The van der Waals surface area contributed by atoms with Crippen molar-refractivity contribution in [2.45, 2.75) is 67.3 Å². The van der Waals surface area contributed by atoms with Crippen molar-refractivity contribution in [3.63, 3.8) is 0 Å². The van der Waals surface area contributed by atoms with Gasteiger partial charge in [0.25, 0.3) is 5.91 Å². The Hall–Kier alpha value is -3.13. The second-order valence-electron chi connectivity index (χ2n) is 9.99. The summed E-state index contributed by atoms with van der Waals surface area (Å²) in [6.07, 6.45) is 0. The van der Waals surface area contributed by atoms with Crippen LogP contribution in [0.2, 0.25) is 0 Å². The Morgan fingerprint density at radius 2 is 1.56 bits per heavy atom. The fraction of sp³-hybridized carbons (Fsp3) is 0.464. The van der Waals surface area contributed by atoms with Crippen molar-refractivity contribution in [1.82, 2.24) is 13.6 Å². The number of carbonyl (C=O) groups excluding carboxylic acids is 1. The summed E-state index contributed by atoms with van der Waals surface area (Å²) in [5.74, 6) is 1.57. The molecule has 0 aliphatic heterocycles. The molecule has 2 aromatic carbocycles. The lowest BCUT2D eigenvalue weighted by Gasteiger charge is -2.25. The van der Waals surface area contributed by atoms with Gasteiger partial charge < -0.3 is 20.6 Å². The van der Waals surface area contributed by atoms with Gasteiger partial charge in [-0.15, -0.1) is 0 Å². The average Bonchev–Trinajstić information content (AvgIpc) is 3.26. The maximum atomic E-state index is 12.8. The molecule has 7 nitrogen and oxygen atoms in total. The summed E-state index contributed by atoms with van der Waals surface area (Å²) in [6, 6.07) is 13.6. The second-order valence-corrected chi connectivity index (χ2v) is 10.5.